The summed E-state index contributed by atoms with van der Waals surface area (Å²) in [5, 5.41) is 2.60. The average molecular weight is 406 g/mol. The molecule has 1 saturated carbocycles. The molecule has 3 atom stereocenters. The minimum absolute atomic E-state index is 0.0239. The molecule has 2 saturated heterocycles. The Hall–Kier alpha value is -1.91. The summed E-state index contributed by atoms with van der Waals surface area (Å²) in [5.41, 5.74) is 0.205. The number of nitrogens with zero attached hydrogens (tertiary/aromatic N) is 1. The third-order valence-electron chi connectivity index (χ3n) is 7.55. The molecule has 3 aliphatic rings. The van der Waals surface area contributed by atoms with Gasteiger partial charge >= 0.3 is 0 Å². The van der Waals surface area contributed by atoms with Gasteiger partial charge in [-0.1, -0.05) is 81.4 Å². The monoisotopic (exact) mass is 405 g/mol. The largest absolute Gasteiger partial charge is 0.405 e. The number of carbonyl (C=O) groups excluding carboxylic acids is 1. The predicted molar refractivity (Wildman–Crippen MR) is 119 cm³/mol. The molecule has 3 nitrogen and oxygen atoms in total. The number of rotatable bonds is 5. The summed E-state index contributed by atoms with van der Waals surface area (Å²) in [5.74, 6) is 1.06. The van der Waals surface area contributed by atoms with Gasteiger partial charge in [0.25, 0.3) is 8.32 Å². The van der Waals surface area contributed by atoms with E-state index in [1.54, 1.807) is 0 Å². The van der Waals surface area contributed by atoms with Crippen LogP contribution in [0.25, 0.3) is 0 Å². The van der Waals surface area contributed by atoms with E-state index in [-0.39, 0.29) is 16.6 Å². The van der Waals surface area contributed by atoms with E-state index in [9.17, 15) is 4.79 Å². The molecule has 5 rings (SSSR count). The van der Waals surface area contributed by atoms with Crippen LogP contribution in [0, 0.1) is 5.92 Å². The Labute approximate surface area is 175 Å². The highest BCUT2D eigenvalue weighted by Crippen LogP contribution is 2.63. The molecular formula is C25H31NO2Si. The summed E-state index contributed by atoms with van der Waals surface area (Å²) in [7, 11) is -2.53. The summed E-state index contributed by atoms with van der Waals surface area (Å²) in [6, 6.07) is 21.8. The molecule has 0 aromatic heterocycles. The Morgan fingerprint density at radius 3 is 2.17 bits per heavy atom. The molecular weight excluding hydrogens is 374 g/mol. The Morgan fingerprint density at radius 2 is 1.62 bits per heavy atom. The van der Waals surface area contributed by atoms with Crippen molar-refractivity contribution in [2.75, 3.05) is 6.61 Å². The second-order valence-electron chi connectivity index (χ2n) is 10.1. The van der Waals surface area contributed by atoms with E-state index < -0.39 is 8.32 Å². The molecule has 3 fully saturated rings. The maximum Gasteiger partial charge on any atom is 0.261 e. The van der Waals surface area contributed by atoms with Crippen molar-refractivity contribution in [2.45, 2.75) is 63.1 Å². The smallest absolute Gasteiger partial charge is 0.261 e. The van der Waals surface area contributed by atoms with Gasteiger partial charge in [-0.25, -0.2) is 0 Å². The van der Waals surface area contributed by atoms with E-state index in [4.69, 9.17) is 4.43 Å². The van der Waals surface area contributed by atoms with Crippen LogP contribution in [0.1, 0.15) is 46.5 Å². The van der Waals surface area contributed by atoms with Crippen LogP contribution >= 0.6 is 0 Å². The van der Waals surface area contributed by atoms with Crippen LogP contribution in [0.4, 0.5) is 0 Å². The number of piperidine rings is 1. The van der Waals surface area contributed by atoms with Gasteiger partial charge in [0.2, 0.25) is 5.91 Å². The maximum absolute atomic E-state index is 12.6. The summed E-state index contributed by atoms with van der Waals surface area (Å²) in [4.78, 5) is 14.9. The third kappa shape index (κ3) is 2.76. The molecule has 1 aliphatic carbocycles. The van der Waals surface area contributed by atoms with Crippen LogP contribution in [0.3, 0.4) is 0 Å². The van der Waals surface area contributed by atoms with Crippen molar-refractivity contribution in [3.8, 4) is 0 Å². The minimum Gasteiger partial charge on any atom is -0.405 e. The summed E-state index contributed by atoms with van der Waals surface area (Å²) >= 11 is 0. The van der Waals surface area contributed by atoms with Gasteiger partial charge in [-0.15, -0.1) is 0 Å². The predicted octanol–water partition coefficient (Wildman–Crippen LogP) is 3.72. The van der Waals surface area contributed by atoms with Gasteiger partial charge in [-0.2, -0.15) is 0 Å². The second-order valence-corrected chi connectivity index (χ2v) is 14.4. The lowest BCUT2D eigenvalue weighted by Gasteiger charge is -2.44. The van der Waals surface area contributed by atoms with Crippen LogP contribution in [0.5, 0.6) is 0 Å². The van der Waals surface area contributed by atoms with Crippen LogP contribution < -0.4 is 10.4 Å². The molecule has 1 amide bonds. The van der Waals surface area contributed by atoms with Crippen molar-refractivity contribution < 1.29 is 9.22 Å². The molecule has 0 radical (unpaired) electrons. The third-order valence-corrected chi connectivity index (χ3v) is 12.6. The van der Waals surface area contributed by atoms with Gasteiger partial charge in [-0.05, 0) is 40.6 Å². The highest BCUT2D eigenvalue weighted by molar-refractivity contribution is 6.99. The lowest BCUT2D eigenvalue weighted by atomic mass is 10.1. The first kappa shape index (κ1) is 19.1. The van der Waals surface area contributed by atoms with Gasteiger partial charge in [0.05, 0.1) is 12.6 Å². The lowest BCUT2D eigenvalue weighted by molar-refractivity contribution is -0.131. The highest BCUT2D eigenvalue weighted by Gasteiger charge is 2.69. The first-order chi connectivity index (χ1) is 13.9. The molecule has 0 unspecified atom stereocenters. The molecule has 0 bridgehead atoms. The van der Waals surface area contributed by atoms with E-state index in [0.29, 0.717) is 18.4 Å². The molecule has 152 valence electrons. The summed E-state index contributed by atoms with van der Waals surface area (Å²) in [6.07, 6.45) is 4.12. The molecule has 29 heavy (non-hydrogen) atoms. The molecule has 1 spiro atoms. The molecule has 2 heterocycles. The van der Waals surface area contributed by atoms with Gasteiger partial charge in [0.15, 0.2) is 0 Å². The normalized spacial score (nSPS) is 28.4. The first-order valence-corrected chi connectivity index (χ1v) is 12.9. The number of amides is 1. The van der Waals surface area contributed by atoms with Crippen LogP contribution in [-0.2, 0) is 9.22 Å². The topological polar surface area (TPSA) is 29.5 Å². The quantitative estimate of drug-likeness (QED) is 0.710. The lowest BCUT2D eigenvalue weighted by Crippen LogP contribution is -2.67. The number of hydrogen-bond acceptors (Lipinski definition) is 2. The van der Waals surface area contributed by atoms with E-state index >= 15 is 0 Å². The second kappa shape index (κ2) is 6.54. The van der Waals surface area contributed by atoms with Crippen molar-refractivity contribution in [1.29, 1.82) is 0 Å². The molecule has 2 aromatic carbocycles. The maximum atomic E-state index is 12.6. The van der Waals surface area contributed by atoms with Crippen molar-refractivity contribution in [3.05, 3.63) is 60.7 Å². The Balaban J connectivity index is 1.52. The molecule has 0 N–H and O–H groups in total. The molecule has 4 heteroatoms. The summed E-state index contributed by atoms with van der Waals surface area (Å²) in [6.45, 7) is 7.59. The standard InChI is InChI=1S/C25H31NO2Si/c1-24(2,3)29(21-10-6-4-7-11-21,22-12-8-5-9-13-22)28-18-20-16-19-17-25(19)15-14-23(27)26(20)25/h4-13,19-20H,14-18H2,1-3H3/t19-,20+,25+/m0/s1. The molecule has 2 aliphatic heterocycles. The average Bonchev–Trinajstić information content (AvgIpc) is 3.14. The van der Waals surface area contributed by atoms with Gasteiger partial charge < -0.3 is 9.33 Å². The van der Waals surface area contributed by atoms with Crippen molar-refractivity contribution in [3.63, 3.8) is 0 Å². The Morgan fingerprint density at radius 1 is 1.03 bits per heavy atom. The number of benzene rings is 2. The molecule has 2 aromatic rings. The van der Waals surface area contributed by atoms with Gasteiger partial charge in [0, 0.05) is 12.0 Å². The first-order valence-electron chi connectivity index (χ1n) is 11.0. The minimum atomic E-state index is -2.53. The number of carbonyl (C=O) groups is 1. The Kier molecular flexibility index (Phi) is 4.30. The summed E-state index contributed by atoms with van der Waals surface area (Å²) < 4.78 is 7.12. The van der Waals surface area contributed by atoms with E-state index in [2.05, 4.69) is 86.3 Å². The zero-order valence-corrected chi connectivity index (χ0v) is 18.7. The van der Waals surface area contributed by atoms with Crippen molar-refractivity contribution in [2.24, 2.45) is 5.92 Å². The number of hydrogen-bond donors (Lipinski definition) is 0. The fourth-order valence-corrected chi connectivity index (χ4v) is 10.8. The van der Waals surface area contributed by atoms with Gasteiger partial charge in [-0.3, -0.25) is 4.79 Å². The SMILES string of the molecule is CC(C)(C)[Si](OC[C@H]1C[C@H]2C[C@]23CCC(=O)N13)(c1ccccc1)c1ccccc1. The zero-order valence-electron chi connectivity index (χ0n) is 17.7. The van der Waals surface area contributed by atoms with Crippen molar-refractivity contribution >= 4 is 24.6 Å². The van der Waals surface area contributed by atoms with Crippen molar-refractivity contribution in [1.82, 2.24) is 4.90 Å². The van der Waals surface area contributed by atoms with Crippen LogP contribution in [-0.4, -0.2) is 37.3 Å². The van der Waals surface area contributed by atoms with E-state index in [0.717, 1.165) is 19.3 Å². The highest BCUT2D eigenvalue weighted by atomic mass is 28.4. The Bertz CT molecular complexity index is 868. The fourth-order valence-electron chi connectivity index (χ4n) is 6.21. The van der Waals surface area contributed by atoms with Crippen LogP contribution in [0.15, 0.2) is 60.7 Å². The fraction of sp³-hybridized carbons (Fsp3) is 0.480. The van der Waals surface area contributed by atoms with E-state index in [1.165, 1.54) is 16.8 Å². The zero-order chi connectivity index (χ0) is 20.3. The van der Waals surface area contributed by atoms with Gasteiger partial charge in [0.1, 0.15) is 0 Å². The van der Waals surface area contributed by atoms with E-state index in [1.807, 2.05) is 0 Å². The van der Waals surface area contributed by atoms with Crippen LogP contribution in [0.2, 0.25) is 5.04 Å².